The molecule has 0 aliphatic rings. The average Bonchev–Trinajstić information content (AvgIpc) is 2.81. The van der Waals surface area contributed by atoms with Gasteiger partial charge in [0.2, 0.25) is 0 Å². The van der Waals surface area contributed by atoms with E-state index in [-0.39, 0.29) is 0 Å². The molecular formula is C16H11Cl2N. The van der Waals surface area contributed by atoms with Crippen molar-refractivity contribution in [3.05, 3.63) is 69.8 Å². The van der Waals surface area contributed by atoms with Crippen LogP contribution in [0.3, 0.4) is 0 Å². The lowest BCUT2D eigenvalue weighted by Gasteiger charge is -1.98. The number of aromatic amines is 1. The van der Waals surface area contributed by atoms with Gasteiger partial charge in [0.05, 0.1) is 0 Å². The van der Waals surface area contributed by atoms with Crippen LogP contribution in [0.2, 0.25) is 10.0 Å². The van der Waals surface area contributed by atoms with Gasteiger partial charge in [-0.05, 0) is 29.3 Å². The number of halogens is 2. The average molecular weight is 288 g/mol. The molecule has 1 nitrogen and oxygen atoms in total. The molecule has 0 bridgehead atoms. The van der Waals surface area contributed by atoms with Crippen LogP contribution in [0.15, 0.2) is 48.7 Å². The van der Waals surface area contributed by atoms with E-state index >= 15 is 0 Å². The number of nitrogens with one attached hydrogen (secondary N) is 1. The fraction of sp³-hybridized carbons (Fsp3) is 0. The van der Waals surface area contributed by atoms with E-state index < -0.39 is 0 Å². The first-order valence-corrected chi connectivity index (χ1v) is 6.69. The summed E-state index contributed by atoms with van der Waals surface area (Å²) in [6, 6.07) is 13.7. The largest absolute Gasteiger partial charge is 0.361 e. The van der Waals surface area contributed by atoms with E-state index in [0.29, 0.717) is 10.0 Å². The third kappa shape index (κ3) is 2.53. The van der Waals surface area contributed by atoms with E-state index in [4.69, 9.17) is 23.2 Å². The van der Waals surface area contributed by atoms with Gasteiger partial charge in [0.15, 0.2) is 0 Å². The summed E-state index contributed by atoms with van der Waals surface area (Å²) in [5.41, 5.74) is 3.22. The Morgan fingerprint density at radius 3 is 2.53 bits per heavy atom. The van der Waals surface area contributed by atoms with Crippen LogP contribution in [-0.2, 0) is 0 Å². The maximum Gasteiger partial charge on any atom is 0.0493 e. The maximum absolute atomic E-state index is 6.14. The smallest absolute Gasteiger partial charge is 0.0493 e. The third-order valence-electron chi connectivity index (χ3n) is 3.03. The summed E-state index contributed by atoms with van der Waals surface area (Å²) in [6.07, 6.45) is 6.03. The molecule has 19 heavy (non-hydrogen) atoms. The van der Waals surface area contributed by atoms with Crippen molar-refractivity contribution >= 4 is 46.3 Å². The van der Waals surface area contributed by atoms with Crippen LogP contribution in [0, 0.1) is 0 Å². The highest BCUT2D eigenvalue weighted by Crippen LogP contribution is 2.24. The van der Waals surface area contributed by atoms with E-state index in [2.05, 4.69) is 17.1 Å². The number of H-pyrrole nitrogens is 1. The molecule has 1 N–H and O–H groups in total. The predicted molar refractivity (Wildman–Crippen MR) is 83.7 cm³/mol. The van der Waals surface area contributed by atoms with E-state index in [9.17, 15) is 0 Å². The summed E-state index contributed by atoms with van der Waals surface area (Å²) < 4.78 is 0. The third-order valence-corrected chi connectivity index (χ3v) is 3.59. The quantitative estimate of drug-likeness (QED) is 0.627. The fourth-order valence-electron chi connectivity index (χ4n) is 2.05. The summed E-state index contributed by atoms with van der Waals surface area (Å²) in [5.74, 6) is 0. The number of rotatable bonds is 2. The molecule has 94 valence electrons. The Labute approximate surface area is 121 Å². The number of hydrogen-bond donors (Lipinski definition) is 1. The van der Waals surface area contributed by atoms with E-state index in [1.54, 1.807) is 6.07 Å². The van der Waals surface area contributed by atoms with Gasteiger partial charge in [0.25, 0.3) is 0 Å². The Bertz CT molecular complexity index is 756. The fourth-order valence-corrected chi connectivity index (χ4v) is 2.52. The molecular weight excluding hydrogens is 277 g/mol. The molecule has 3 heteroatoms. The summed E-state index contributed by atoms with van der Waals surface area (Å²) in [6.45, 7) is 0. The van der Waals surface area contributed by atoms with Gasteiger partial charge in [-0.1, -0.05) is 59.6 Å². The molecule has 0 radical (unpaired) electrons. The number of fused-ring (bicyclic) bond motifs is 1. The molecule has 0 amide bonds. The number of hydrogen-bond acceptors (Lipinski definition) is 0. The van der Waals surface area contributed by atoms with Crippen LogP contribution in [0.5, 0.6) is 0 Å². The van der Waals surface area contributed by atoms with Crippen molar-refractivity contribution in [3.8, 4) is 0 Å². The standard InChI is InChI=1S/C16H11Cl2N/c17-13-8-7-11(15(18)9-13)5-6-12-10-19-16-4-2-1-3-14(12)16/h1-10,19H. The van der Waals surface area contributed by atoms with E-state index in [0.717, 1.165) is 16.6 Å². The van der Waals surface area contributed by atoms with Crippen LogP contribution < -0.4 is 0 Å². The molecule has 0 fully saturated rings. The predicted octanol–water partition coefficient (Wildman–Crippen LogP) is 5.65. The second-order valence-corrected chi connectivity index (χ2v) is 5.13. The van der Waals surface area contributed by atoms with Gasteiger partial charge in [-0.3, -0.25) is 0 Å². The van der Waals surface area contributed by atoms with E-state index in [1.807, 2.05) is 42.6 Å². The Balaban J connectivity index is 1.98. The minimum absolute atomic E-state index is 0.647. The van der Waals surface area contributed by atoms with E-state index in [1.165, 1.54) is 5.39 Å². The Morgan fingerprint density at radius 1 is 0.895 bits per heavy atom. The molecule has 1 heterocycles. The maximum atomic E-state index is 6.14. The SMILES string of the molecule is Clc1ccc(C=Cc2c[nH]c3ccccc23)c(Cl)c1. The van der Waals surface area contributed by atoms with Gasteiger partial charge in [0.1, 0.15) is 0 Å². The molecule has 0 unspecified atom stereocenters. The van der Waals surface area contributed by atoms with Crippen molar-refractivity contribution in [1.29, 1.82) is 0 Å². The zero-order chi connectivity index (χ0) is 13.2. The van der Waals surface area contributed by atoms with Gasteiger partial charge in [-0.25, -0.2) is 0 Å². The van der Waals surface area contributed by atoms with Crippen LogP contribution in [0.4, 0.5) is 0 Å². The first-order chi connectivity index (χ1) is 9.24. The summed E-state index contributed by atoms with van der Waals surface area (Å²) in [4.78, 5) is 3.24. The number of para-hydroxylation sites is 1. The molecule has 2 aromatic carbocycles. The van der Waals surface area contributed by atoms with Crippen molar-refractivity contribution in [2.24, 2.45) is 0 Å². The van der Waals surface area contributed by atoms with Crippen molar-refractivity contribution < 1.29 is 0 Å². The lowest BCUT2D eigenvalue weighted by molar-refractivity contribution is 1.47. The molecule has 3 rings (SSSR count). The lowest BCUT2D eigenvalue weighted by atomic mass is 10.1. The number of benzene rings is 2. The highest BCUT2D eigenvalue weighted by atomic mass is 35.5. The lowest BCUT2D eigenvalue weighted by Crippen LogP contribution is -1.75. The van der Waals surface area contributed by atoms with Crippen LogP contribution in [-0.4, -0.2) is 4.98 Å². The van der Waals surface area contributed by atoms with Crippen molar-refractivity contribution in [3.63, 3.8) is 0 Å². The molecule has 1 aromatic heterocycles. The molecule has 0 atom stereocenters. The normalized spacial score (nSPS) is 11.5. The molecule has 0 spiro atoms. The Kier molecular flexibility index (Phi) is 3.33. The molecule has 0 saturated heterocycles. The summed E-state index contributed by atoms with van der Waals surface area (Å²) in [5, 5.41) is 2.50. The van der Waals surface area contributed by atoms with Crippen LogP contribution in [0.25, 0.3) is 23.1 Å². The molecule has 3 aromatic rings. The van der Waals surface area contributed by atoms with Gasteiger partial charge >= 0.3 is 0 Å². The highest BCUT2D eigenvalue weighted by molar-refractivity contribution is 6.35. The topological polar surface area (TPSA) is 15.8 Å². The summed E-state index contributed by atoms with van der Waals surface area (Å²) in [7, 11) is 0. The van der Waals surface area contributed by atoms with Crippen molar-refractivity contribution in [2.45, 2.75) is 0 Å². The molecule has 0 aliphatic carbocycles. The first kappa shape index (κ1) is 12.3. The van der Waals surface area contributed by atoms with Crippen LogP contribution in [0.1, 0.15) is 11.1 Å². The van der Waals surface area contributed by atoms with Crippen molar-refractivity contribution in [1.82, 2.24) is 4.98 Å². The monoisotopic (exact) mass is 287 g/mol. The van der Waals surface area contributed by atoms with Gasteiger partial charge in [-0.15, -0.1) is 0 Å². The second-order valence-electron chi connectivity index (χ2n) is 4.29. The minimum atomic E-state index is 0.647. The minimum Gasteiger partial charge on any atom is -0.361 e. The molecule has 0 saturated carbocycles. The van der Waals surface area contributed by atoms with Gasteiger partial charge in [0, 0.05) is 27.1 Å². The Morgan fingerprint density at radius 2 is 1.68 bits per heavy atom. The number of aromatic nitrogens is 1. The highest BCUT2D eigenvalue weighted by Gasteiger charge is 2.00. The van der Waals surface area contributed by atoms with Gasteiger partial charge in [-0.2, -0.15) is 0 Å². The molecule has 0 aliphatic heterocycles. The van der Waals surface area contributed by atoms with Crippen LogP contribution >= 0.6 is 23.2 Å². The first-order valence-electron chi connectivity index (χ1n) is 5.93. The Hall–Kier alpha value is -1.70. The van der Waals surface area contributed by atoms with Gasteiger partial charge < -0.3 is 4.98 Å². The zero-order valence-corrected chi connectivity index (χ0v) is 11.5. The summed E-state index contributed by atoms with van der Waals surface area (Å²) >= 11 is 12.0. The second kappa shape index (κ2) is 5.12. The van der Waals surface area contributed by atoms with Crippen molar-refractivity contribution in [2.75, 3.05) is 0 Å². The zero-order valence-electron chi connectivity index (χ0n) is 10.0.